The molecule has 0 aliphatic rings. The zero-order valence-electron chi connectivity index (χ0n) is 9.77. The minimum Gasteiger partial charge on any atom is -0.366 e. The monoisotopic (exact) mass is 260 g/mol. The Hall–Kier alpha value is -2.14. The van der Waals surface area contributed by atoms with Crippen molar-refractivity contribution in [2.24, 2.45) is 5.73 Å². The van der Waals surface area contributed by atoms with Crippen LogP contribution in [0.2, 0.25) is 0 Å². The first-order chi connectivity index (χ1) is 8.58. The fourth-order valence-corrected chi connectivity index (χ4v) is 2.33. The van der Waals surface area contributed by atoms with E-state index < -0.39 is 5.91 Å². The van der Waals surface area contributed by atoms with Gasteiger partial charge in [-0.15, -0.1) is 11.3 Å². The number of anilines is 1. The summed E-state index contributed by atoms with van der Waals surface area (Å²) >= 11 is 1.40. The Balaban J connectivity index is 2.13. The molecule has 0 spiro atoms. The van der Waals surface area contributed by atoms with Crippen LogP contribution in [0.25, 0.3) is 0 Å². The van der Waals surface area contributed by atoms with Crippen LogP contribution in [-0.2, 0) is 0 Å². The minimum atomic E-state index is -0.484. The summed E-state index contributed by atoms with van der Waals surface area (Å²) < 4.78 is 0. The molecule has 2 aromatic rings. The van der Waals surface area contributed by atoms with Gasteiger partial charge in [-0.25, -0.2) is 0 Å². The zero-order valence-corrected chi connectivity index (χ0v) is 10.6. The number of nitrogens with one attached hydrogen (secondary N) is 1. The van der Waals surface area contributed by atoms with E-state index in [9.17, 15) is 9.59 Å². The van der Waals surface area contributed by atoms with E-state index in [0.29, 0.717) is 16.1 Å². The maximum atomic E-state index is 11.9. The van der Waals surface area contributed by atoms with Gasteiger partial charge in [-0.1, -0.05) is 0 Å². The molecule has 0 unspecified atom stereocenters. The lowest BCUT2D eigenvalue weighted by molar-refractivity contribution is 0.0998. The summed E-state index contributed by atoms with van der Waals surface area (Å²) in [5.41, 5.74) is 7.14. The lowest BCUT2D eigenvalue weighted by atomic mass is 10.2. The van der Waals surface area contributed by atoms with Crippen LogP contribution in [0.15, 0.2) is 35.7 Å². The molecule has 0 atom stereocenters. The molecule has 18 heavy (non-hydrogen) atoms. The van der Waals surface area contributed by atoms with E-state index in [1.54, 1.807) is 24.3 Å². The molecule has 92 valence electrons. The Morgan fingerprint density at radius 2 is 1.83 bits per heavy atom. The average Bonchev–Trinajstić information content (AvgIpc) is 2.76. The van der Waals surface area contributed by atoms with Gasteiger partial charge in [-0.2, -0.15) is 0 Å². The van der Waals surface area contributed by atoms with Crippen molar-refractivity contribution in [1.82, 2.24) is 0 Å². The summed E-state index contributed by atoms with van der Waals surface area (Å²) in [5.74, 6) is -0.628. The number of carbonyl (C=O) groups excluding carboxylic acids is 2. The first-order valence-corrected chi connectivity index (χ1v) is 6.21. The maximum Gasteiger partial charge on any atom is 0.265 e. The lowest BCUT2D eigenvalue weighted by Gasteiger charge is -2.05. The van der Waals surface area contributed by atoms with E-state index in [0.717, 1.165) is 5.56 Å². The van der Waals surface area contributed by atoms with E-state index >= 15 is 0 Å². The minimum absolute atomic E-state index is 0.144. The Kier molecular flexibility index (Phi) is 3.43. The van der Waals surface area contributed by atoms with Gasteiger partial charge in [-0.05, 0) is 48.2 Å². The van der Waals surface area contributed by atoms with Crippen LogP contribution >= 0.6 is 11.3 Å². The molecule has 0 saturated heterocycles. The number of hydrogen-bond donors (Lipinski definition) is 2. The van der Waals surface area contributed by atoms with Crippen molar-refractivity contribution < 1.29 is 9.59 Å². The lowest BCUT2D eigenvalue weighted by Crippen LogP contribution is -2.13. The van der Waals surface area contributed by atoms with E-state index in [1.807, 2.05) is 18.4 Å². The number of thiophene rings is 1. The fourth-order valence-electron chi connectivity index (χ4n) is 1.51. The highest BCUT2D eigenvalue weighted by atomic mass is 32.1. The third kappa shape index (κ3) is 2.57. The molecule has 5 heteroatoms. The van der Waals surface area contributed by atoms with Crippen molar-refractivity contribution in [3.63, 3.8) is 0 Å². The predicted octanol–water partition coefficient (Wildman–Crippen LogP) is 2.41. The van der Waals surface area contributed by atoms with Crippen LogP contribution in [0.1, 0.15) is 25.6 Å². The predicted molar refractivity (Wildman–Crippen MR) is 72.0 cm³/mol. The SMILES string of the molecule is Cc1ccsc1C(=O)Nc1ccc(C(N)=O)cc1. The summed E-state index contributed by atoms with van der Waals surface area (Å²) in [6, 6.07) is 8.37. The Morgan fingerprint density at radius 1 is 1.17 bits per heavy atom. The molecule has 0 saturated carbocycles. The van der Waals surface area contributed by atoms with Crippen molar-refractivity contribution in [2.45, 2.75) is 6.92 Å². The van der Waals surface area contributed by atoms with Crippen LogP contribution < -0.4 is 11.1 Å². The molecule has 1 aromatic carbocycles. The zero-order chi connectivity index (χ0) is 13.1. The first kappa shape index (κ1) is 12.3. The highest BCUT2D eigenvalue weighted by molar-refractivity contribution is 7.12. The standard InChI is InChI=1S/C13H12N2O2S/c1-8-6-7-18-11(8)13(17)15-10-4-2-9(3-5-10)12(14)16/h2-7H,1H3,(H2,14,16)(H,15,17). The van der Waals surface area contributed by atoms with Gasteiger partial charge >= 0.3 is 0 Å². The van der Waals surface area contributed by atoms with E-state index in [4.69, 9.17) is 5.73 Å². The van der Waals surface area contributed by atoms with Crippen LogP contribution in [0, 0.1) is 6.92 Å². The topological polar surface area (TPSA) is 72.2 Å². The van der Waals surface area contributed by atoms with Gasteiger partial charge < -0.3 is 11.1 Å². The van der Waals surface area contributed by atoms with Gasteiger partial charge in [-0.3, -0.25) is 9.59 Å². The summed E-state index contributed by atoms with van der Waals surface area (Å²) in [7, 11) is 0. The van der Waals surface area contributed by atoms with Crippen molar-refractivity contribution in [3.8, 4) is 0 Å². The van der Waals surface area contributed by atoms with Gasteiger partial charge in [0.25, 0.3) is 5.91 Å². The highest BCUT2D eigenvalue weighted by Gasteiger charge is 2.10. The summed E-state index contributed by atoms with van der Waals surface area (Å²) in [6.07, 6.45) is 0. The Bertz CT molecular complexity index is 587. The van der Waals surface area contributed by atoms with E-state index in [2.05, 4.69) is 5.32 Å². The van der Waals surface area contributed by atoms with E-state index in [1.165, 1.54) is 11.3 Å². The van der Waals surface area contributed by atoms with Crippen LogP contribution in [-0.4, -0.2) is 11.8 Å². The smallest absolute Gasteiger partial charge is 0.265 e. The molecule has 2 rings (SSSR count). The molecule has 1 aromatic heterocycles. The van der Waals surface area contributed by atoms with Crippen molar-refractivity contribution in [2.75, 3.05) is 5.32 Å². The molecule has 3 N–H and O–H groups in total. The molecule has 4 nitrogen and oxygen atoms in total. The van der Waals surface area contributed by atoms with Gasteiger partial charge in [0.1, 0.15) is 0 Å². The molecular formula is C13H12N2O2S. The largest absolute Gasteiger partial charge is 0.366 e. The quantitative estimate of drug-likeness (QED) is 0.889. The van der Waals surface area contributed by atoms with Crippen LogP contribution in [0.4, 0.5) is 5.69 Å². The third-order valence-corrected chi connectivity index (χ3v) is 3.51. The molecular weight excluding hydrogens is 248 g/mol. The molecule has 0 aliphatic carbocycles. The molecule has 1 heterocycles. The number of aryl methyl sites for hydroxylation is 1. The van der Waals surface area contributed by atoms with Crippen molar-refractivity contribution >= 4 is 28.8 Å². The van der Waals surface area contributed by atoms with Crippen LogP contribution in [0.5, 0.6) is 0 Å². The van der Waals surface area contributed by atoms with Crippen molar-refractivity contribution in [3.05, 3.63) is 51.7 Å². The number of hydrogen-bond acceptors (Lipinski definition) is 3. The third-order valence-electron chi connectivity index (χ3n) is 2.50. The number of amides is 2. The second-order valence-electron chi connectivity index (χ2n) is 3.83. The second kappa shape index (κ2) is 5.01. The first-order valence-electron chi connectivity index (χ1n) is 5.33. The fraction of sp³-hybridized carbons (Fsp3) is 0.0769. The molecule has 0 fully saturated rings. The maximum absolute atomic E-state index is 11.9. The summed E-state index contributed by atoms with van der Waals surface area (Å²) in [5, 5.41) is 4.65. The van der Waals surface area contributed by atoms with Gasteiger partial charge in [0.05, 0.1) is 4.88 Å². The van der Waals surface area contributed by atoms with E-state index in [-0.39, 0.29) is 5.91 Å². The number of rotatable bonds is 3. The summed E-state index contributed by atoms with van der Waals surface area (Å²) in [6.45, 7) is 1.89. The Labute approximate surface area is 108 Å². The molecule has 0 bridgehead atoms. The van der Waals surface area contributed by atoms with Gasteiger partial charge in [0.2, 0.25) is 5.91 Å². The Morgan fingerprint density at radius 3 is 2.33 bits per heavy atom. The number of nitrogens with two attached hydrogens (primary N) is 1. The number of carbonyl (C=O) groups is 2. The highest BCUT2D eigenvalue weighted by Crippen LogP contribution is 2.18. The van der Waals surface area contributed by atoms with Gasteiger partial charge in [0.15, 0.2) is 0 Å². The molecule has 0 radical (unpaired) electrons. The molecule has 0 aliphatic heterocycles. The van der Waals surface area contributed by atoms with Crippen molar-refractivity contribution in [1.29, 1.82) is 0 Å². The normalized spacial score (nSPS) is 10.1. The van der Waals surface area contributed by atoms with Crippen LogP contribution in [0.3, 0.4) is 0 Å². The summed E-state index contributed by atoms with van der Waals surface area (Å²) in [4.78, 5) is 23.5. The van der Waals surface area contributed by atoms with Gasteiger partial charge in [0, 0.05) is 11.3 Å². The second-order valence-corrected chi connectivity index (χ2v) is 4.74. The average molecular weight is 260 g/mol. The molecule has 2 amide bonds. The number of primary amides is 1. The number of benzene rings is 1.